The van der Waals surface area contributed by atoms with Crippen LogP contribution in [0.2, 0.25) is 0 Å². The van der Waals surface area contributed by atoms with Crippen LogP contribution in [0, 0.1) is 13.8 Å². The Morgan fingerprint density at radius 3 is 2.67 bits per heavy atom. The number of carboxylic acids is 1. The summed E-state index contributed by atoms with van der Waals surface area (Å²) in [5, 5.41) is 16.5. The van der Waals surface area contributed by atoms with Gasteiger partial charge in [-0.15, -0.1) is 0 Å². The van der Waals surface area contributed by atoms with E-state index in [-0.39, 0.29) is 28.5 Å². The largest absolute Gasteiger partial charge is 0.478 e. The molecule has 2 aromatic rings. The van der Waals surface area contributed by atoms with Crippen molar-refractivity contribution < 1.29 is 22.7 Å². The van der Waals surface area contributed by atoms with Gasteiger partial charge in [-0.1, -0.05) is 0 Å². The third-order valence-corrected chi connectivity index (χ3v) is 4.31. The van der Waals surface area contributed by atoms with E-state index in [4.69, 9.17) is 9.52 Å². The van der Waals surface area contributed by atoms with E-state index < -0.39 is 16.0 Å². The van der Waals surface area contributed by atoms with Gasteiger partial charge in [-0.3, -0.25) is 0 Å². The van der Waals surface area contributed by atoms with Crippen molar-refractivity contribution in [2.45, 2.75) is 25.3 Å². The monoisotopic (exact) mass is 311 g/mol. The molecule has 2 rings (SSSR count). The highest BCUT2D eigenvalue weighted by atomic mass is 32.2. The Balaban J connectivity index is 2.34. The van der Waals surface area contributed by atoms with Gasteiger partial charge >= 0.3 is 5.97 Å². The molecule has 0 aliphatic heterocycles. The summed E-state index contributed by atoms with van der Waals surface area (Å²) in [6.07, 6.45) is 1.46. The normalized spacial score (nSPS) is 11.5. The van der Waals surface area contributed by atoms with Gasteiger partial charge in [0.05, 0.1) is 12.2 Å². The lowest BCUT2D eigenvalue weighted by Gasteiger charge is -2.06. The second-order valence-electron chi connectivity index (χ2n) is 4.26. The second-order valence-corrected chi connectivity index (χ2v) is 5.97. The summed E-state index contributed by atoms with van der Waals surface area (Å²) in [6.45, 7) is 2.70. The maximum absolute atomic E-state index is 12.3. The smallest absolute Gasteiger partial charge is 0.340 e. The van der Waals surface area contributed by atoms with Crippen molar-refractivity contribution in [3.05, 3.63) is 41.1 Å². The lowest BCUT2D eigenvalue weighted by Crippen LogP contribution is -2.25. The van der Waals surface area contributed by atoms with Crippen molar-refractivity contribution in [3.8, 4) is 0 Å². The number of aromatic nitrogens is 2. The van der Waals surface area contributed by atoms with E-state index >= 15 is 0 Å². The third kappa shape index (κ3) is 3.09. The fourth-order valence-corrected chi connectivity index (χ4v) is 3.31. The molecule has 0 spiro atoms. The van der Waals surface area contributed by atoms with E-state index in [0.717, 1.165) is 0 Å². The van der Waals surface area contributed by atoms with Crippen LogP contribution in [0.4, 0.5) is 0 Å². The summed E-state index contributed by atoms with van der Waals surface area (Å²) in [7, 11) is -4.04. The van der Waals surface area contributed by atoms with Crippen LogP contribution in [-0.4, -0.2) is 29.7 Å². The predicted molar refractivity (Wildman–Crippen MR) is 71.2 cm³/mol. The number of rotatable bonds is 5. The van der Waals surface area contributed by atoms with Gasteiger partial charge in [0.1, 0.15) is 22.0 Å². The third-order valence-electron chi connectivity index (χ3n) is 2.76. The summed E-state index contributed by atoms with van der Waals surface area (Å²) >= 11 is 0. The molecule has 0 bridgehead atoms. The van der Waals surface area contributed by atoms with E-state index in [1.54, 1.807) is 12.1 Å². The maximum Gasteiger partial charge on any atom is 0.340 e. The molecule has 0 saturated carbocycles. The number of carbonyl (C=O) groups is 1. The first kappa shape index (κ1) is 15.1. The van der Waals surface area contributed by atoms with Crippen LogP contribution < -0.4 is 4.72 Å². The summed E-state index contributed by atoms with van der Waals surface area (Å²) in [5.41, 5.74) is 0.0509. The van der Waals surface area contributed by atoms with Crippen molar-refractivity contribution in [3.63, 3.8) is 0 Å². The molecule has 0 fully saturated rings. The molecule has 0 radical (unpaired) electrons. The molecule has 0 saturated heterocycles. The number of aryl methyl sites for hydroxylation is 2. The number of hydrogen-bond donors (Lipinski definition) is 2. The zero-order chi connectivity index (χ0) is 15.6. The first-order valence-corrected chi connectivity index (χ1v) is 7.40. The van der Waals surface area contributed by atoms with Crippen LogP contribution in [0.3, 0.4) is 0 Å². The number of aromatic carboxylic acids is 1. The zero-order valence-electron chi connectivity index (χ0n) is 11.3. The molecular weight excluding hydrogens is 298 g/mol. The van der Waals surface area contributed by atoms with Gasteiger partial charge in [-0.25, -0.2) is 17.9 Å². The highest BCUT2D eigenvalue weighted by Crippen LogP contribution is 2.26. The Kier molecular flexibility index (Phi) is 4.05. The number of nitrogens with zero attached hydrogens (tertiary/aromatic N) is 2. The van der Waals surface area contributed by atoms with Crippen molar-refractivity contribution in [1.82, 2.24) is 14.9 Å². The number of hydrogen-bond acceptors (Lipinski definition) is 6. The van der Waals surface area contributed by atoms with E-state index in [9.17, 15) is 13.2 Å². The first-order valence-electron chi connectivity index (χ1n) is 5.92. The SMILES string of the molecule is Cc1oc(C)c(S(=O)(=O)NCc2cccnn2)c1C(=O)O. The first-order chi connectivity index (χ1) is 9.83. The molecule has 8 nitrogen and oxygen atoms in total. The van der Waals surface area contributed by atoms with Gasteiger partial charge in [-0.05, 0) is 26.0 Å². The standard InChI is InChI=1S/C12H13N3O5S/c1-7-10(12(16)17)11(8(2)20-7)21(18,19)14-6-9-4-3-5-13-15-9/h3-5,14H,6H2,1-2H3,(H,16,17). The summed E-state index contributed by atoms with van der Waals surface area (Å²) in [6, 6.07) is 3.22. The Labute approximate surface area is 120 Å². The average Bonchev–Trinajstić information content (AvgIpc) is 2.73. The quantitative estimate of drug-likeness (QED) is 0.839. The highest BCUT2D eigenvalue weighted by molar-refractivity contribution is 7.89. The topological polar surface area (TPSA) is 122 Å². The Bertz CT molecular complexity index is 768. The molecule has 0 amide bonds. The second kappa shape index (κ2) is 5.62. The molecule has 2 N–H and O–H groups in total. The summed E-state index contributed by atoms with van der Waals surface area (Å²) in [4.78, 5) is 10.8. The minimum Gasteiger partial charge on any atom is -0.478 e. The van der Waals surface area contributed by atoms with Crippen molar-refractivity contribution >= 4 is 16.0 Å². The average molecular weight is 311 g/mol. The number of furan rings is 1. The lowest BCUT2D eigenvalue weighted by atomic mass is 10.2. The van der Waals surface area contributed by atoms with Crippen LogP contribution in [0.5, 0.6) is 0 Å². The minimum atomic E-state index is -4.04. The van der Waals surface area contributed by atoms with Gasteiger partial charge < -0.3 is 9.52 Å². The Morgan fingerprint density at radius 1 is 1.38 bits per heavy atom. The van der Waals surface area contributed by atoms with Crippen LogP contribution in [0.15, 0.2) is 27.6 Å². The van der Waals surface area contributed by atoms with Gasteiger partial charge in [0.2, 0.25) is 10.0 Å². The number of nitrogens with one attached hydrogen (secondary N) is 1. The van der Waals surface area contributed by atoms with Crippen LogP contribution in [0.25, 0.3) is 0 Å². The van der Waals surface area contributed by atoms with E-state index in [1.807, 2.05) is 0 Å². The molecule has 0 atom stereocenters. The summed E-state index contributed by atoms with van der Waals surface area (Å²) in [5.74, 6) is -1.29. The zero-order valence-corrected chi connectivity index (χ0v) is 12.1. The lowest BCUT2D eigenvalue weighted by molar-refractivity contribution is 0.0691. The minimum absolute atomic E-state index is 0.0246. The van der Waals surface area contributed by atoms with Crippen LogP contribution in [-0.2, 0) is 16.6 Å². The van der Waals surface area contributed by atoms with Crippen molar-refractivity contribution in [2.75, 3.05) is 0 Å². The molecule has 0 aromatic carbocycles. The predicted octanol–water partition coefficient (Wildman–Crippen LogP) is 0.863. The Morgan fingerprint density at radius 2 is 2.10 bits per heavy atom. The van der Waals surface area contributed by atoms with Crippen molar-refractivity contribution in [1.29, 1.82) is 0 Å². The van der Waals surface area contributed by atoms with E-state index in [2.05, 4.69) is 14.9 Å². The van der Waals surface area contributed by atoms with Gasteiger partial charge in [0, 0.05) is 6.20 Å². The van der Waals surface area contributed by atoms with Crippen LogP contribution >= 0.6 is 0 Å². The molecule has 9 heteroatoms. The Hall–Kier alpha value is -2.26. The molecule has 2 aromatic heterocycles. The fourth-order valence-electron chi connectivity index (χ4n) is 1.90. The van der Waals surface area contributed by atoms with E-state index in [0.29, 0.717) is 5.69 Å². The highest BCUT2D eigenvalue weighted by Gasteiger charge is 2.30. The molecule has 0 aliphatic rings. The van der Waals surface area contributed by atoms with Crippen LogP contribution in [0.1, 0.15) is 27.6 Å². The molecule has 0 unspecified atom stereocenters. The number of sulfonamides is 1. The van der Waals surface area contributed by atoms with Crippen molar-refractivity contribution in [2.24, 2.45) is 0 Å². The van der Waals surface area contributed by atoms with E-state index in [1.165, 1.54) is 20.0 Å². The number of carboxylic acid groups (broad SMARTS) is 1. The molecule has 112 valence electrons. The van der Waals surface area contributed by atoms with Gasteiger partial charge in [0.25, 0.3) is 0 Å². The summed E-state index contributed by atoms with van der Waals surface area (Å²) < 4.78 is 32.0. The van der Waals surface area contributed by atoms with Gasteiger partial charge in [0.15, 0.2) is 0 Å². The molecule has 0 aliphatic carbocycles. The fraction of sp³-hybridized carbons (Fsp3) is 0.250. The molecule has 2 heterocycles. The molecule has 21 heavy (non-hydrogen) atoms. The van der Waals surface area contributed by atoms with Gasteiger partial charge in [-0.2, -0.15) is 10.2 Å². The molecular formula is C12H13N3O5S. The maximum atomic E-state index is 12.3.